The summed E-state index contributed by atoms with van der Waals surface area (Å²) in [6.45, 7) is 4.57. The zero-order valence-corrected chi connectivity index (χ0v) is 12.2. The van der Waals surface area contributed by atoms with Crippen LogP contribution < -0.4 is 14.8 Å². The van der Waals surface area contributed by atoms with Crippen molar-refractivity contribution >= 4 is 17.5 Å². The van der Waals surface area contributed by atoms with E-state index in [1.807, 2.05) is 26.0 Å². The van der Waals surface area contributed by atoms with Crippen LogP contribution >= 0.6 is 11.6 Å². The molecule has 0 aliphatic carbocycles. The summed E-state index contributed by atoms with van der Waals surface area (Å²) in [6, 6.07) is 5.68. The van der Waals surface area contributed by atoms with E-state index in [9.17, 15) is 0 Å². The summed E-state index contributed by atoms with van der Waals surface area (Å²) < 4.78 is 10.9. The number of aryl methyl sites for hydroxylation is 1. The number of hydrogen-bond acceptors (Lipinski definition) is 6. The van der Waals surface area contributed by atoms with Gasteiger partial charge in [-0.15, -0.1) is 0 Å². The van der Waals surface area contributed by atoms with Gasteiger partial charge in [-0.25, -0.2) is 0 Å². The smallest absolute Gasteiger partial charge is 0.328 e. The highest BCUT2D eigenvalue weighted by Crippen LogP contribution is 2.31. The average molecular weight is 295 g/mol. The number of ether oxygens (including phenoxy) is 2. The second-order valence-corrected chi connectivity index (χ2v) is 4.34. The molecular formula is C13H15ClN4O2. The molecule has 0 fully saturated rings. The summed E-state index contributed by atoms with van der Waals surface area (Å²) in [5.41, 5.74) is 1.07. The maximum absolute atomic E-state index is 5.84. The van der Waals surface area contributed by atoms with Crippen LogP contribution in [0.4, 0.5) is 5.95 Å². The van der Waals surface area contributed by atoms with Gasteiger partial charge in [-0.2, -0.15) is 15.0 Å². The Morgan fingerprint density at radius 3 is 2.70 bits per heavy atom. The topological polar surface area (TPSA) is 69.2 Å². The minimum Gasteiger partial charge on any atom is -0.493 e. The first-order valence-electron chi connectivity index (χ1n) is 6.10. The molecule has 7 heteroatoms. The first kappa shape index (κ1) is 14.3. The molecule has 0 amide bonds. The molecule has 2 rings (SSSR count). The van der Waals surface area contributed by atoms with Crippen LogP contribution in [0, 0.1) is 6.92 Å². The molecule has 2 aromatic rings. The summed E-state index contributed by atoms with van der Waals surface area (Å²) in [6.07, 6.45) is 0. The van der Waals surface area contributed by atoms with Gasteiger partial charge < -0.3 is 14.8 Å². The summed E-state index contributed by atoms with van der Waals surface area (Å²) in [5, 5.41) is 3.02. The molecule has 0 atom stereocenters. The number of methoxy groups -OCH3 is 1. The summed E-state index contributed by atoms with van der Waals surface area (Å²) in [4.78, 5) is 12.0. The lowest BCUT2D eigenvalue weighted by Gasteiger charge is -2.10. The zero-order chi connectivity index (χ0) is 14.5. The van der Waals surface area contributed by atoms with Crippen LogP contribution in [0.1, 0.15) is 12.5 Å². The van der Waals surface area contributed by atoms with Crippen molar-refractivity contribution in [1.82, 2.24) is 15.0 Å². The van der Waals surface area contributed by atoms with E-state index in [1.54, 1.807) is 13.2 Å². The van der Waals surface area contributed by atoms with Gasteiger partial charge in [0.25, 0.3) is 0 Å². The monoisotopic (exact) mass is 294 g/mol. The second kappa shape index (κ2) is 6.38. The molecule has 0 unspecified atom stereocenters. The second-order valence-electron chi connectivity index (χ2n) is 4.00. The third kappa shape index (κ3) is 3.48. The molecule has 20 heavy (non-hydrogen) atoms. The number of hydrogen-bond donors (Lipinski definition) is 1. The lowest BCUT2D eigenvalue weighted by molar-refractivity contribution is 0.367. The van der Waals surface area contributed by atoms with E-state index < -0.39 is 0 Å². The fourth-order valence-electron chi connectivity index (χ4n) is 1.57. The maximum atomic E-state index is 5.84. The summed E-state index contributed by atoms with van der Waals surface area (Å²) in [7, 11) is 1.58. The van der Waals surface area contributed by atoms with Crippen LogP contribution in [0.15, 0.2) is 18.2 Å². The van der Waals surface area contributed by atoms with Gasteiger partial charge >= 0.3 is 6.01 Å². The number of rotatable bonds is 5. The lowest BCUT2D eigenvalue weighted by atomic mass is 10.2. The van der Waals surface area contributed by atoms with E-state index in [1.165, 1.54) is 0 Å². The van der Waals surface area contributed by atoms with E-state index >= 15 is 0 Å². The van der Waals surface area contributed by atoms with Gasteiger partial charge in [0.2, 0.25) is 11.2 Å². The fraction of sp³-hybridized carbons (Fsp3) is 0.308. The zero-order valence-electron chi connectivity index (χ0n) is 11.5. The summed E-state index contributed by atoms with van der Waals surface area (Å²) in [5.74, 6) is 1.49. The van der Waals surface area contributed by atoms with E-state index in [0.29, 0.717) is 24.0 Å². The number of aromatic nitrogens is 3. The van der Waals surface area contributed by atoms with Crippen molar-refractivity contribution in [3.8, 4) is 17.5 Å². The molecule has 0 spiro atoms. The highest BCUT2D eigenvalue weighted by atomic mass is 35.5. The molecule has 1 aromatic carbocycles. The third-order valence-corrected chi connectivity index (χ3v) is 2.61. The van der Waals surface area contributed by atoms with Gasteiger partial charge in [-0.05, 0) is 43.1 Å². The largest absolute Gasteiger partial charge is 0.493 e. The van der Waals surface area contributed by atoms with Gasteiger partial charge in [0.1, 0.15) is 0 Å². The molecule has 0 bridgehead atoms. The minimum absolute atomic E-state index is 0.0667. The van der Waals surface area contributed by atoms with E-state index in [-0.39, 0.29) is 11.3 Å². The van der Waals surface area contributed by atoms with Crippen molar-refractivity contribution in [2.75, 3.05) is 19.0 Å². The van der Waals surface area contributed by atoms with Crippen molar-refractivity contribution in [3.05, 3.63) is 29.0 Å². The Balaban J connectivity index is 2.29. The van der Waals surface area contributed by atoms with Crippen molar-refractivity contribution in [3.63, 3.8) is 0 Å². The Morgan fingerprint density at radius 1 is 1.20 bits per heavy atom. The van der Waals surface area contributed by atoms with Crippen molar-refractivity contribution in [1.29, 1.82) is 0 Å². The van der Waals surface area contributed by atoms with Crippen molar-refractivity contribution in [2.45, 2.75) is 13.8 Å². The Bertz CT molecular complexity index is 607. The van der Waals surface area contributed by atoms with Crippen molar-refractivity contribution < 1.29 is 9.47 Å². The van der Waals surface area contributed by atoms with Gasteiger partial charge in [-0.3, -0.25) is 0 Å². The molecule has 0 saturated carbocycles. The lowest BCUT2D eigenvalue weighted by Crippen LogP contribution is -2.05. The minimum atomic E-state index is 0.0667. The quantitative estimate of drug-likeness (QED) is 0.914. The first-order valence-corrected chi connectivity index (χ1v) is 6.48. The Hall–Kier alpha value is -2.08. The number of nitrogens with one attached hydrogen (secondary N) is 1. The van der Waals surface area contributed by atoms with E-state index in [0.717, 1.165) is 5.56 Å². The van der Waals surface area contributed by atoms with Gasteiger partial charge in [0.05, 0.1) is 7.11 Å². The number of halogens is 1. The maximum Gasteiger partial charge on any atom is 0.328 e. The highest BCUT2D eigenvalue weighted by Gasteiger charge is 2.10. The van der Waals surface area contributed by atoms with Gasteiger partial charge in [-0.1, -0.05) is 6.07 Å². The Labute approximate surface area is 122 Å². The third-order valence-electron chi connectivity index (χ3n) is 2.44. The number of anilines is 1. The molecule has 6 nitrogen and oxygen atoms in total. The van der Waals surface area contributed by atoms with Crippen LogP contribution in [0.25, 0.3) is 0 Å². The van der Waals surface area contributed by atoms with E-state index in [2.05, 4.69) is 20.3 Å². The van der Waals surface area contributed by atoms with Gasteiger partial charge in [0.15, 0.2) is 11.5 Å². The van der Waals surface area contributed by atoms with Gasteiger partial charge in [0, 0.05) is 6.54 Å². The predicted molar refractivity (Wildman–Crippen MR) is 76.8 cm³/mol. The fourth-order valence-corrected chi connectivity index (χ4v) is 1.72. The van der Waals surface area contributed by atoms with Crippen LogP contribution in [0.3, 0.4) is 0 Å². The highest BCUT2D eigenvalue weighted by molar-refractivity contribution is 6.28. The predicted octanol–water partition coefficient (Wildman–Crippen LogP) is 3.07. The Morgan fingerprint density at radius 2 is 2.00 bits per heavy atom. The first-order chi connectivity index (χ1) is 9.62. The molecule has 0 aliphatic rings. The van der Waals surface area contributed by atoms with Crippen LogP contribution in [-0.4, -0.2) is 28.6 Å². The molecule has 0 saturated heterocycles. The molecule has 1 N–H and O–H groups in total. The summed E-state index contributed by atoms with van der Waals surface area (Å²) >= 11 is 5.84. The number of benzene rings is 1. The molecule has 1 aromatic heterocycles. The Kier molecular flexibility index (Phi) is 4.57. The standard InChI is InChI=1S/C13H15ClN4O2/c1-4-15-12-16-11(14)17-13(18-12)20-9-6-5-8(2)7-10(9)19-3/h5-7H,4H2,1-3H3,(H,15,16,17,18). The molecular weight excluding hydrogens is 280 g/mol. The molecule has 106 valence electrons. The van der Waals surface area contributed by atoms with Crippen LogP contribution in [-0.2, 0) is 0 Å². The van der Waals surface area contributed by atoms with E-state index in [4.69, 9.17) is 21.1 Å². The van der Waals surface area contributed by atoms with Crippen molar-refractivity contribution in [2.24, 2.45) is 0 Å². The molecule has 1 heterocycles. The molecule has 0 aliphatic heterocycles. The SMILES string of the molecule is CCNc1nc(Cl)nc(Oc2ccc(C)cc2OC)n1. The number of nitrogens with zero attached hydrogens (tertiary/aromatic N) is 3. The van der Waals surface area contributed by atoms with Crippen LogP contribution in [0.5, 0.6) is 17.5 Å². The molecule has 0 radical (unpaired) electrons. The average Bonchev–Trinajstić information content (AvgIpc) is 2.40. The normalized spacial score (nSPS) is 10.2. The van der Waals surface area contributed by atoms with Crippen LogP contribution in [0.2, 0.25) is 5.28 Å².